The lowest BCUT2D eigenvalue weighted by molar-refractivity contribution is -0.141. The highest BCUT2D eigenvalue weighted by molar-refractivity contribution is 6.00. The molecule has 0 aliphatic heterocycles. The minimum atomic E-state index is -4.67. The summed E-state index contributed by atoms with van der Waals surface area (Å²) in [4.78, 5) is 16.5. The molecule has 0 fully saturated rings. The second kappa shape index (κ2) is 6.22. The molecule has 0 bridgehead atoms. The van der Waals surface area contributed by atoms with Crippen LogP contribution in [0.25, 0.3) is 0 Å². The Kier molecular flexibility index (Phi) is 4.49. The molecule has 0 spiro atoms. The molecule has 2 rings (SSSR count). The quantitative estimate of drug-likeness (QED) is 0.291. The van der Waals surface area contributed by atoms with E-state index in [1.54, 1.807) is 25.1 Å². The maximum atomic E-state index is 12.6. The first-order valence-corrected chi connectivity index (χ1v) is 6.62. The van der Waals surface area contributed by atoms with Crippen molar-refractivity contribution in [2.24, 2.45) is 17.9 Å². The number of carbonyl (C=O) groups excluding carboxylic acids is 1. The van der Waals surface area contributed by atoms with Crippen LogP contribution in [0.3, 0.4) is 0 Å². The van der Waals surface area contributed by atoms with Gasteiger partial charge in [0.1, 0.15) is 5.69 Å². The predicted molar refractivity (Wildman–Crippen MR) is 79.9 cm³/mol. The van der Waals surface area contributed by atoms with Gasteiger partial charge >= 0.3 is 12.1 Å². The molecule has 0 unspecified atom stereocenters. The van der Waals surface area contributed by atoms with E-state index in [4.69, 9.17) is 11.5 Å². The van der Waals surface area contributed by atoms with Gasteiger partial charge in [-0.15, -0.1) is 0 Å². The summed E-state index contributed by atoms with van der Waals surface area (Å²) in [5.74, 6) is -1.25. The number of benzene rings is 1. The lowest BCUT2D eigenvalue weighted by Crippen LogP contribution is -2.18. The van der Waals surface area contributed by atoms with Crippen LogP contribution in [0.2, 0.25) is 0 Å². The Morgan fingerprint density at radius 3 is 2.62 bits per heavy atom. The number of carbonyl (C=O) groups is 1. The highest BCUT2D eigenvalue weighted by Crippen LogP contribution is 2.28. The number of nitrogens with two attached hydrogens (primary N) is 2. The van der Waals surface area contributed by atoms with Crippen LogP contribution in [-0.2, 0) is 18.1 Å². The first-order valence-electron chi connectivity index (χ1n) is 6.62. The summed E-state index contributed by atoms with van der Waals surface area (Å²) in [6.45, 7) is 1.70. The van der Waals surface area contributed by atoms with Crippen LogP contribution in [0.4, 0.5) is 18.9 Å². The van der Waals surface area contributed by atoms with E-state index in [0.717, 1.165) is 4.68 Å². The number of nitrogens with zero attached hydrogens (tertiary/aromatic N) is 3. The molecular formula is C14H14F3N5O2. The van der Waals surface area contributed by atoms with Crippen molar-refractivity contribution in [2.45, 2.75) is 13.1 Å². The topological polar surface area (TPSA) is 109 Å². The molecule has 1 heterocycles. The van der Waals surface area contributed by atoms with Crippen molar-refractivity contribution >= 4 is 17.5 Å². The Morgan fingerprint density at radius 2 is 2.04 bits per heavy atom. The van der Waals surface area contributed by atoms with E-state index in [-0.39, 0.29) is 5.84 Å². The molecule has 4 N–H and O–H groups in total. The van der Waals surface area contributed by atoms with Crippen LogP contribution in [-0.4, -0.2) is 21.6 Å². The highest BCUT2D eigenvalue weighted by atomic mass is 19.4. The normalized spacial score (nSPS) is 12.3. The van der Waals surface area contributed by atoms with Gasteiger partial charge in [0.25, 0.3) is 0 Å². The number of oxime groups is 1. The molecule has 128 valence electrons. The van der Waals surface area contributed by atoms with Crippen LogP contribution in [0, 0.1) is 6.92 Å². The number of aromatic nitrogens is 2. The molecule has 2 aromatic rings. The number of halogens is 3. The minimum Gasteiger partial charge on any atom is -0.398 e. The molecule has 0 radical (unpaired) electrons. The van der Waals surface area contributed by atoms with Crippen molar-refractivity contribution in [3.63, 3.8) is 0 Å². The molecule has 1 aromatic carbocycles. The van der Waals surface area contributed by atoms with E-state index in [1.807, 2.05) is 0 Å². The molecule has 24 heavy (non-hydrogen) atoms. The number of amidine groups is 1. The number of anilines is 1. The largest absolute Gasteiger partial charge is 0.435 e. The van der Waals surface area contributed by atoms with Crippen LogP contribution < -0.4 is 11.5 Å². The number of hydrogen-bond acceptors (Lipinski definition) is 5. The molecule has 0 saturated heterocycles. The molecule has 1 aromatic heterocycles. The van der Waals surface area contributed by atoms with Gasteiger partial charge in [0, 0.05) is 24.4 Å². The second-order valence-electron chi connectivity index (χ2n) is 4.91. The van der Waals surface area contributed by atoms with Gasteiger partial charge in [-0.1, -0.05) is 17.3 Å². The molecule has 0 atom stereocenters. The predicted octanol–water partition coefficient (Wildman–Crippen LogP) is 1.81. The van der Waals surface area contributed by atoms with Crippen LogP contribution in [0.1, 0.15) is 27.3 Å². The van der Waals surface area contributed by atoms with Crippen molar-refractivity contribution in [2.75, 3.05) is 5.73 Å². The van der Waals surface area contributed by atoms with Gasteiger partial charge in [-0.25, -0.2) is 4.79 Å². The molecule has 0 aliphatic rings. The van der Waals surface area contributed by atoms with Crippen molar-refractivity contribution in [3.05, 3.63) is 46.8 Å². The zero-order valence-corrected chi connectivity index (χ0v) is 12.8. The Labute approximate surface area is 134 Å². The van der Waals surface area contributed by atoms with Gasteiger partial charge in [-0.3, -0.25) is 4.68 Å². The van der Waals surface area contributed by atoms with Crippen LogP contribution in [0.5, 0.6) is 0 Å². The molecular weight excluding hydrogens is 327 g/mol. The molecule has 0 amide bonds. The number of rotatable bonds is 3. The Morgan fingerprint density at radius 1 is 1.38 bits per heavy atom. The number of nitrogen functional groups attached to an aromatic ring is 1. The number of hydrogen-bond donors (Lipinski definition) is 2. The third-order valence-electron chi connectivity index (χ3n) is 3.26. The summed E-state index contributed by atoms with van der Waals surface area (Å²) in [5.41, 5.74) is 11.4. The van der Waals surface area contributed by atoms with E-state index >= 15 is 0 Å². The average molecular weight is 341 g/mol. The molecule has 0 aliphatic carbocycles. The Balaban J connectivity index is 2.21. The zero-order valence-electron chi connectivity index (χ0n) is 12.8. The fourth-order valence-electron chi connectivity index (χ4n) is 1.91. The van der Waals surface area contributed by atoms with Crippen molar-refractivity contribution < 1.29 is 22.8 Å². The number of aryl methyl sites for hydroxylation is 1. The van der Waals surface area contributed by atoms with Gasteiger partial charge < -0.3 is 16.3 Å². The second-order valence-corrected chi connectivity index (χ2v) is 4.91. The van der Waals surface area contributed by atoms with E-state index in [9.17, 15) is 18.0 Å². The average Bonchev–Trinajstić information content (AvgIpc) is 2.89. The summed E-state index contributed by atoms with van der Waals surface area (Å²) in [6, 6.07) is 5.48. The van der Waals surface area contributed by atoms with Gasteiger partial charge in [-0.2, -0.15) is 18.3 Å². The number of alkyl halides is 3. The molecule has 10 heteroatoms. The standard InChI is InChI=1S/C14H14F3N5O2/c1-7-8(4-3-5-9(7)18)12(19)21-24-13(23)10-6-11(14(15,16)17)20-22(10)2/h3-6H,18H2,1-2H3,(H2,19,21). The van der Waals surface area contributed by atoms with Gasteiger partial charge in [0.2, 0.25) is 0 Å². The lowest BCUT2D eigenvalue weighted by atomic mass is 10.1. The third-order valence-corrected chi connectivity index (χ3v) is 3.26. The summed E-state index contributed by atoms with van der Waals surface area (Å²) >= 11 is 0. The first-order chi connectivity index (χ1) is 11.1. The summed E-state index contributed by atoms with van der Waals surface area (Å²) in [7, 11) is 1.18. The highest BCUT2D eigenvalue weighted by Gasteiger charge is 2.35. The fourth-order valence-corrected chi connectivity index (χ4v) is 1.91. The van der Waals surface area contributed by atoms with E-state index in [1.165, 1.54) is 7.05 Å². The maximum Gasteiger partial charge on any atom is 0.435 e. The van der Waals surface area contributed by atoms with Gasteiger partial charge in [-0.05, 0) is 18.6 Å². The van der Waals surface area contributed by atoms with Crippen LogP contribution in [0.15, 0.2) is 29.4 Å². The maximum absolute atomic E-state index is 12.6. The first kappa shape index (κ1) is 17.3. The molecule has 7 nitrogen and oxygen atoms in total. The minimum absolute atomic E-state index is 0.133. The monoisotopic (exact) mass is 341 g/mol. The smallest absolute Gasteiger partial charge is 0.398 e. The van der Waals surface area contributed by atoms with Crippen LogP contribution >= 0.6 is 0 Å². The summed E-state index contributed by atoms with van der Waals surface area (Å²) in [5, 5.41) is 6.66. The van der Waals surface area contributed by atoms with Crippen molar-refractivity contribution in [3.8, 4) is 0 Å². The third kappa shape index (κ3) is 3.47. The zero-order chi connectivity index (χ0) is 18.1. The summed E-state index contributed by atoms with van der Waals surface area (Å²) < 4.78 is 38.5. The summed E-state index contributed by atoms with van der Waals surface area (Å²) in [6.07, 6.45) is -4.67. The lowest BCUT2D eigenvalue weighted by Gasteiger charge is -2.07. The van der Waals surface area contributed by atoms with E-state index in [2.05, 4.69) is 15.1 Å². The van der Waals surface area contributed by atoms with E-state index in [0.29, 0.717) is 22.9 Å². The van der Waals surface area contributed by atoms with Crippen molar-refractivity contribution in [1.29, 1.82) is 0 Å². The van der Waals surface area contributed by atoms with Crippen molar-refractivity contribution in [1.82, 2.24) is 9.78 Å². The van der Waals surface area contributed by atoms with Gasteiger partial charge in [0.05, 0.1) is 0 Å². The fraction of sp³-hybridized carbons (Fsp3) is 0.214. The van der Waals surface area contributed by atoms with E-state index < -0.39 is 23.5 Å². The van der Waals surface area contributed by atoms with Gasteiger partial charge in [0.15, 0.2) is 11.5 Å². The molecule has 0 saturated carbocycles. The Bertz CT molecular complexity index is 811. The SMILES string of the molecule is Cc1c(N)cccc1/C(N)=N/OC(=O)c1cc(C(F)(F)F)nn1C. The Hall–Kier alpha value is -3.04.